The number of rotatable bonds is 6. The van der Waals surface area contributed by atoms with Gasteiger partial charge in [-0.1, -0.05) is 19.9 Å². The van der Waals surface area contributed by atoms with E-state index in [0.717, 1.165) is 25.8 Å². The minimum atomic E-state index is -0.617. The van der Waals surface area contributed by atoms with Gasteiger partial charge in [0, 0.05) is 12.6 Å². The highest BCUT2D eigenvalue weighted by atomic mass is 19.1. The van der Waals surface area contributed by atoms with E-state index in [1.54, 1.807) is 6.92 Å². The number of nitrogens with zero attached hydrogens (tertiary/aromatic N) is 1. The van der Waals surface area contributed by atoms with Crippen LogP contribution >= 0.6 is 0 Å². The van der Waals surface area contributed by atoms with Crippen molar-refractivity contribution >= 4 is 5.69 Å². The molecule has 1 aromatic carbocycles. The van der Waals surface area contributed by atoms with Gasteiger partial charge in [0.05, 0.1) is 11.8 Å². The van der Waals surface area contributed by atoms with Crippen molar-refractivity contribution in [2.45, 2.75) is 52.2 Å². The van der Waals surface area contributed by atoms with E-state index in [1.807, 2.05) is 12.1 Å². The largest absolute Gasteiger partial charge is 0.389 e. The Balaban J connectivity index is 2.17. The molecular weight excluding hydrogens is 241 g/mol. The van der Waals surface area contributed by atoms with Crippen LogP contribution in [0.2, 0.25) is 0 Å². The molecule has 0 heterocycles. The SMILES string of the molecule is CC(C)CCN(c1ccc([C@H](C)O)cc1F)C1CC1. The molecule has 19 heavy (non-hydrogen) atoms. The molecule has 1 atom stereocenters. The van der Waals surface area contributed by atoms with Gasteiger partial charge in [-0.05, 0) is 49.8 Å². The zero-order valence-corrected chi connectivity index (χ0v) is 12.1. The number of halogens is 1. The summed E-state index contributed by atoms with van der Waals surface area (Å²) in [5, 5.41) is 9.50. The Hall–Kier alpha value is -1.09. The average molecular weight is 265 g/mol. The standard InChI is InChI=1S/C16H24FNO/c1-11(2)8-9-18(14-5-6-14)16-7-4-13(12(3)19)10-15(16)17/h4,7,10-12,14,19H,5-6,8-9H2,1-3H3/t12-/m0/s1. The van der Waals surface area contributed by atoms with E-state index >= 15 is 0 Å². The predicted molar refractivity (Wildman–Crippen MR) is 76.9 cm³/mol. The second-order valence-corrected chi connectivity index (χ2v) is 5.99. The first-order valence-corrected chi connectivity index (χ1v) is 7.23. The number of anilines is 1. The second-order valence-electron chi connectivity index (χ2n) is 5.99. The molecule has 1 aliphatic carbocycles. The average Bonchev–Trinajstić information content (AvgIpc) is 3.14. The molecule has 1 aromatic rings. The summed E-state index contributed by atoms with van der Waals surface area (Å²) in [6.07, 6.45) is 2.79. The molecule has 1 fully saturated rings. The molecule has 1 N–H and O–H groups in total. The van der Waals surface area contributed by atoms with E-state index in [1.165, 1.54) is 6.07 Å². The Bertz CT molecular complexity index is 427. The van der Waals surface area contributed by atoms with Crippen LogP contribution < -0.4 is 4.90 Å². The summed E-state index contributed by atoms with van der Waals surface area (Å²) in [5.74, 6) is 0.412. The topological polar surface area (TPSA) is 23.5 Å². The molecular formula is C16H24FNO. The zero-order valence-electron chi connectivity index (χ0n) is 12.1. The van der Waals surface area contributed by atoms with Crippen LogP contribution in [0, 0.1) is 11.7 Å². The van der Waals surface area contributed by atoms with E-state index in [-0.39, 0.29) is 5.82 Å². The van der Waals surface area contributed by atoms with E-state index in [0.29, 0.717) is 23.2 Å². The van der Waals surface area contributed by atoms with Gasteiger partial charge in [-0.2, -0.15) is 0 Å². The highest BCUT2D eigenvalue weighted by Gasteiger charge is 2.30. The third-order valence-electron chi connectivity index (χ3n) is 3.70. The summed E-state index contributed by atoms with van der Waals surface area (Å²) < 4.78 is 14.2. The quantitative estimate of drug-likeness (QED) is 0.843. The van der Waals surface area contributed by atoms with Gasteiger partial charge < -0.3 is 10.0 Å². The molecule has 3 heteroatoms. The van der Waals surface area contributed by atoms with Gasteiger partial charge in [0.25, 0.3) is 0 Å². The van der Waals surface area contributed by atoms with Crippen molar-refractivity contribution in [2.24, 2.45) is 5.92 Å². The van der Waals surface area contributed by atoms with E-state index in [2.05, 4.69) is 18.7 Å². The summed E-state index contributed by atoms with van der Waals surface area (Å²) in [6.45, 7) is 6.95. The predicted octanol–water partition coefficient (Wildman–Crippen LogP) is 3.89. The lowest BCUT2D eigenvalue weighted by Crippen LogP contribution is -2.28. The molecule has 106 valence electrons. The van der Waals surface area contributed by atoms with Gasteiger partial charge in [-0.15, -0.1) is 0 Å². The van der Waals surface area contributed by atoms with Crippen LogP contribution in [-0.2, 0) is 0 Å². The number of hydrogen-bond acceptors (Lipinski definition) is 2. The van der Waals surface area contributed by atoms with E-state index < -0.39 is 6.10 Å². The van der Waals surface area contributed by atoms with Gasteiger partial charge >= 0.3 is 0 Å². The molecule has 0 radical (unpaired) electrons. The summed E-state index contributed by atoms with van der Waals surface area (Å²) in [7, 11) is 0. The van der Waals surface area contributed by atoms with Gasteiger partial charge in [0.1, 0.15) is 5.82 Å². The van der Waals surface area contributed by atoms with Crippen molar-refractivity contribution in [1.29, 1.82) is 0 Å². The number of aliphatic hydroxyl groups excluding tert-OH is 1. The number of benzene rings is 1. The molecule has 0 spiro atoms. The maximum Gasteiger partial charge on any atom is 0.146 e. The van der Waals surface area contributed by atoms with Crippen molar-refractivity contribution in [3.05, 3.63) is 29.6 Å². The van der Waals surface area contributed by atoms with Crippen molar-refractivity contribution < 1.29 is 9.50 Å². The van der Waals surface area contributed by atoms with Crippen molar-refractivity contribution in [1.82, 2.24) is 0 Å². The van der Waals surface area contributed by atoms with Crippen LogP contribution in [0.25, 0.3) is 0 Å². The van der Waals surface area contributed by atoms with E-state index in [4.69, 9.17) is 0 Å². The van der Waals surface area contributed by atoms with Crippen molar-refractivity contribution in [3.63, 3.8) is 0 Å². The first-order chi connectivity index (χ1) is 8.99. The normalized spacial score (nSPS) is 16.7. The van der Waals surface area contributed by atoms with Crippen molar-refractivity contribution in [3.8, 4) is 0 Å². The zero-order chi connectivity index (χ0) is 14.0. The van der Waals surface area contributed by atoms with Crippen LogP contribution in [0.3, 0.4) is 0 Å². The molecule has 0 bridgehead atoms. The molecule has 0 aliphatic heterocycles. The minimum absolute atomic E-state index is 0.214. The summed E-state index contributed by atoms with van der Waals surface area (Å²) in [4.78, 5) is 2.20. The Morgan fingerprint density at radius 1 is 1.32 bits per heavy atom. The lowest BCUT2D eigenvalue weighted by atomic mass is 10.1. The Labute approximate surface area is 115 Å². The Morgan fingerprint density at radius 2 is 2.00 bits per heavy atom. The third kappa shape index (κ3) is 3.69. The minimum Gasteiger partial charge on any atom is -0.389 e. The van der Waals surface area contributed by atoms with Crippen LogP contribution in [0.1, 0.15) is 51.7 Å². The number of aliphatic hydroxyl groups is 1. The van der Waals surface area contributed by atoms with Crippen LogP contribution in [0.15, 0.2) is 18.2 Å². The molecule has 2 nitrogen and oxygen atoms in total. The Morgan fingerprint density at radius 3 is 2.47 bits per heavy atom. The van der Waals surface area contributed by atoms with Gasteiger partial charge in [0.2, 0.25) is 0 Å². The molecule has 0 amide bonds. The summed E-state index contributed by atoms with van der Waals surface area (Å²) >= 11 is 0. The molecule has 0 unspecified atom stereocenters. The molecule has 2 rings (SSSR count). The molecule has 1 aliphatic rings. The highest BCUT2D eigenvalue weighted by molar-refractivity contribution is 5.51. The Kier molecular flexibility index (Phi) is 4.46. The third-order valence-corrected chi connectivity index (χ3v) is 3.70. The molecule has 0 aromatic heterocycles. The highest BCUT2D eigenvalue weighted by Crippen LogP contribution is 2.34. The van der Waals surface area contributed by atoms with Gasteiger partial charge in [-0.3, -0.25) is 0 Å². The maximum atomic E-state index is 14.2. The van der Waals surface area contributed by atoms with Crippen LogP contribution in [0.5, 0.6) is 0 Å². The monoisotopic (exact) mass is 265 g/mol. The smallest absolute Gasteiger partial charge is 0.146 e. The fourth-order valence-electron chi connectivity index (χ4n) is 2.30. The van der Waals surface area contributed by atoms with Crippen molar-refractivity contribution in [2.75, 3.05) is 11.4 Å². The lowest BCUT2D eigenvalue weighted by molar-refractivity contribution is 0.199. The van der Waals surface area contributed by atoms with E-state index in [9.17, 15) is 9.50 Å². The first-order valence-electron chi connectivity index (χ1n) is 7.23. The fourth-order valence-corrected chi connectivity index (χ4v) is 2.30. The van der Waals surface area contributed by atoms with Gasteiger partial charge in [-0.25, -0.2) is 4.39 Å². The first kappa shape index (κ1) is 14.3. The summed E-state index contributed by atoms with van der Waals surface area (Å²) in [6, 6.07) is 5.61. The molecule has 0 saturated heterocycles. The number of hydrogen-bond donors (Lipinski definition) is 1. The van der Waals surface area contributed by atoms with Crippen LogP contribution in [0.4, 0.5) is 10.1 Å². The summed E-state index contributed by atoms with van der Waals surface area (Å²) in [5.41, 5.74) is 1.33. The lowest BCUT2D eigenvalue weighted by Gasteiger charge is -2.26. The van der Waals surface area contributed by atoms with Crippen LogP contribution in [-0.4, -0.2) is 17.7 Å². The maximum absolute atomic E-state index is 14.2. The molecule has 1 saturated carbocycles. The fraction of sp³-hybridized carbons (Fsp3) is 0.625. The second kappa shape index (κ2) is 5.91. The van der Waals surface area contributed by atoms with Gasteiger partial charge in [0.15, 0.2) is 0 Å².